The van der Waals surface area contributed by atoms with Gasteiger partial charge in [0.05, 0.1) is 45.7 Å². The smallest absolute Gasteiger partial charge is 0.253 e. The minimum atomic E-state index is -0.222. The van der Waals surface area contributed by atoms with Crippen LogP contribution in [0.1, 0.15) is 72.9 Å². The molecule has 2 aromatic rings. The van der Waals surface area contributed by atoms with Crippen LogP contribution in [0.5, 0.6) is 0 Å². The number of nitriles is 1. The number of carbonyl (C=O) groups is 1. The number of anilines is 1. The van der Waals surface area contributed by atoms with Crippen molar-refractivity contribution in [2.45, 2.75) is 53.5 Å². The molecule has 1 heterocycles. The van der Waals surface area contributed by atoms with E-state index in [1.807, 2.05) is 52.1 Å². The molecule has 1 amide bonds. The van der Waals surface area contributed by atoms with E-state index in [9.17, 15) is 10.1 Å². The van der Waals surface area contributed by atoms with Crippen LogP contribution in [-0.2, 0) is 6.54 Å². The molecule has 7 heteroatoms. The number of nitrogens with zero attached hydrogens (tertiary/aromatic N) is 3. The number of rotatable bonds is 13. The summed E-state index contributed by atoms with van der Waals surface area (Å²) in [6.07, 6.45) is 8.92. The highest BCUT2D eigenvalue weighted by Gasteiger charge is 2.19. The van der Waals surface area contributed by atoms with Crippen molar-refractivity contribution in [2.24, 2.45) is 0 Å². The lowest BCUT2D eigenvalue weighted by Crippen LogP contribution is -2.26. The topological polar surface area (TPSA) is 94.8 Å². The van der Waals surface area contributed by atoms with E-state index in [0.717, 1.165) is 47.5 Å². The highest BCUT2D eigenvalue weighted by atomic mass is 16.1. The van der Waals surface area contributed by atoms with Crippen LogP contribution in [0.15, 0.2) is 55.2 Å². The first kappa shape index (κ1) is 28.3. The molecule has 1 aromatic carbocycles. The number of aryl methyl sites for hydroxylation is 1. The average molecular weight is 487 g/mol. The van der Waals surface area contributed by atoms with Crippen molar-refractivity contribution in [3.05, 3.63) is 83.2 Å². The minimum Gasteiger partial charge on any atom is -0.353 e. The number of amides is 1. The fourth-order valence-electron chi connectivity index (χ4n) is 3.71. The van der Waals surface area contributed by atoms with E-state index in [1.54, 1.807) is 16.8 Å². The van der Waals surface area contributed by atoms with E-state index in [0.29, 0.717) is 35.6 Å². The summed E-state index contributed by atoms with van der Waals surface area (Å²) in [7, 11) is 1.86. The number of carbonyl (C=O) groups excluding carboxylic acids is 1. The number of allylic oxidation sites excluding steroid dienone is 5. The third kappa shape index (κ3) is 7.30. The standard InChI is InChI=1S/C29H38N6O/c1-8-10-12-14-32-29(36)26-16-24(18-30)15-21(4)28(26)33-22(5)27-17-25(19-31-7)34-35(27)23(6)20(3)13-11-9-2/h9,11,13,15-17,31,33H,5-6,8,10,12,14,19H2,1-4,7H3,(H,32,36)/b11-9-,20-13-. The Morgan fingerprint density at radius 3 is 2.64 bits per heavy atom. The highest BCUT2D eigenvalue weighted by molar-refractivity contribution is 6.02. The molecule has 0 fully saturated rings. The predicted octanol–water partition coefficient (Wildman–Crippen LogP) is 5.78. The van der Waals surface area contributed by atoms with Crippen LogP contribution in [0.3, 0.4) is 0 Å². The van der Waals surface area contributed by atoms with Crippen molar-refractivity contribution >= 4 is 23.0 Å². The Morgan fingerprint density at radius 1 is 1.25 bits per heavy atom. The molecular formula is C29H38N6O. The number of benzene rings is 1. The molecule has 0 saturated heterocycles. The van der Waals surface area contributed by atoms with Gasteiger partial charge in [-0.3, -0.25) is 4.79 Å². The van der Waals surface area contributed by atoms with Crippen LogP contribution in [0.2, 0.25) is 0 Å². The SMILES string of the molecule is C=C(Nc1c(C)cc(C#N)cc1C(=O)NCCCCC)c1cc(CNC)nn1C(=C)/C(C)=C\C=C/C. The molecule has 0 spiro atoms. The quantitative estimate of drug-likeness (QED) is 0.246. The summed E-state index contributed by atoms with van der Waals surface area (Å²) in [6.45, 7) is 17.6. The first-order valence-electron chi connectivity index (χ1n) is 12.3. The van der Waals surface area contributed by atoms with Crippen molar-refractivity contribution in [3.8, 4) is 6.07 Å². The molecule has 0 radical (unpaired) electrons. The van der Waals surface area contributed by atoms with Crippen molar-refractivity contribution in [2.75, 3.05) is 18.9 Å². The van der Waals surface area contributed by atoms with Crippen LogP contribution in [0.25, 0.3) is 11.4 Å². The summed E-state index contributed by atoms with van der Waals surface area (Å²) in [5.41, 5.74) is 6.05. The molecule has 7 nitrogen and oxygen atoms in total. The second-order valence-corrected chi connectivity index (χ2v) is 8.68. The maximum Gasteiger partial charge on any atom is 0.253 e. The van der Waals surface area contributed by atoms with Gasteiger partial charge in [-0.05, 0) is 63.6 Å². The van der Waals surface area contributed by atoms with E-state index in [-0.39, 0.29) is 5.91 Å². The highest BCUT2D eigenvalue weighted by Crippen LogP contribution is 2.28. The lowest BCUT2D eigenvalue weighted by molar-refractivity contribution is 0.0953. The Balaban J connectivity index is 2.46. The second-order valence-electron chi connectivity index (χ2n) is 8.68. The Morgan fingerprint density at radius 2 is 2.00 bits per heavy atom. The molecule has 0 atom stereocenters. The molecular weight excluding hydrogens is 448 g/mol. The number of hydrogen-bond donors (Lipinski definition) is 3. The Labute approximate surface area is 215 Å². The number of nitrogens with one attached hydrogen (secondary N) is 3. The molecule has 0 aliphatic rings. The maximum atomic E-state index is 13.1. The summed E-state index contributed by atoms with van der Waals surface area (Å²) < 4.78 is 1.76. The van der Waals surface area contributed by atoms with E-state index in [4.69, 9.17) is 5.10 Å². The lowest BCUT2D eigenvalue weighted by atomic mass is 10.0. The van der Waals surface area contributed by atoms with Crippen LogP contribution in [0, 0.1) is 18.3 Å². The van der Waals surface area contributed by atoms with Gasteiger partial charge in [0.2, 0.25) is 0 Å². The molecule has 1 aromatic heterocycles. The zero-order valence-corrected chi connectivity index (χ0v) is 22.2. The largest absolute Gasteiger partial charge is 0.353 e. The summed E-state index contributed by atoms with van der Waals surface area (Å²) in [5, 5.41) is 23.6. The van der Waals surface area contributed by atoms with Crippen LogP contribution in [-0.4, -0.2) is 29.3 Å². The van der Waals surface area contributed by atoms with E-state index in [1.165, 1.54) is 0 Å². The van der Waals surface area contributed by atoms with Crippen molar-refractivity contribution in [3.63, 3.8) is 0 Å². The number of hydrogen-bond acceptors (Lipinski definition) is 5. The monoisotopic (exact) mass is 486 g/mol. The third-order valence-electron chi connectivity index (χ3n) is 5.73. The Hall–Kier alpha value is -3.89. The molecule has 2 rings (SSSR count). The van der Waals surface area contributed by atoms with Crippen molar-refractivity contribution in [1.82, 2.24) is 20.4 Å². The van der Waals surface area contributed by atoms with Crippen LogP contribution >= 0.6 is 0 Å². The summed E-state index contributed by atoms with van der Waals surface area (Å²) in [4.78, 5) is 13.1. The second kappa shape index (κ2) is 13.9. The van der Waals surface area contributed by atoms with Gasteiger partial charge in [0.25, 0.3) is 5.91 Å². The first-order valence-corrected chi connectivity index (χ1v) is 12.3. The van der Waals surface area contributed by atoms with Gasteiger partial charge in [-0.15, -0.1) is 0 Å². The van der Waals surface area contributed by atoms with E-state index in [2.05, 4.69) is 42.1 Å². The normalized spacial score (nSPS) is 11.4. The van der Waals surface area contributed by atoms with E-state index >= 15 is 0 Å². The molecule has 0 bridgehead atoms. The average Bonchev–Trinajstić information content (AvgIpc) is 3.29. The number of unbranched alkanes of at least 4 members (excludes halogenated alkanes) is 2. The van der Waals surface area contributed by atoms with Gasteiger partial charge >= 0.3 is 0 Å². The van der Waals surface area contributed by atoms with Gasteiger partial charge < -0.3 is 16.0 Å². The van der Waals surface area contributed by atoms with Gasteiger partial charge in [0.15, 0.2) is 0 Å². The molecule has 36 heavy (non-hydrogen) atoms. The molecule has 3 N–H and O–H groups in total. The molecule has 0 unspecified atom stereocenters. The van der Waals surface area contributed by atoms with Crippen LogP contribution in [0.4, 0.5) is 5.69 Å². The fourth-order valence-corrected chi connectivity index (χ4v) is 3.71. The van der Waals surface area contributed by atoms with Gasteiger partial charge in [0.1, 0.15) is 0 Å². The molecule has 190 valence electrons. The zero-order chi connectivity index (χ0) is 26.7. The number of aromatic nitrogens is 2. The lowest BCUT2D eigenvalue weighted by Gasteiger charge is -2.18. The van der Waals surface area contributed by atoms with Gasteiger partial charge in [-0.2, -0.15) is 10.4 Å². The molecule has 0 aliphatic heterocycles. The Kier molecular flexibility index (Phi) is 10.9. The molecule has 0 saturated carbocycles. The Bertz CT molecular complexity index is 1210. The first-order chi connectivity index (χ1) is 17.3. The summed E-state index contributed by atoms with van der Waals surface area (Å²) in [5.74, 6) is -0.222. The zero-order valence-electron chi connectivity index (χ0n) is 22.2. The van der Waals surface area contributed by atoms with Crippen molar-refractivity contribution in [1.29, 1.82) is 5.26 Å². The van der Waals surface area contributed by atoms with Gasteiger partial charge in [-0.1, -0.05) is 51.2 Å². The minimum absolute atomic E-state index is 0.222. The van der Waals surface area contributed by atoms with E-state index < -0.39 is 0 Å². The predicted molar refractivity (Wildman–Crippen MR) is 149 cm³/mol. The summed E-state index contributed by atoms with van der Waals surface area (Å²) in [6, 6.07) is 7.47. The van der Waals surface area contributed by atoms with Crippen molar-refractivity contribution < 1.29 is 4.79 Å². The van der Waals surface area contributed by atoms with Crippen LogP contribution < -0.4 is 16.0 Å². The summed E-state index contributed by atoms with van der Waals surface area (Å²) >= 11 is 0. The molecule has 0 aliphatic carbocycles. The maximum absolute atomic E-state index is 13.1. The van der Waals surface area contributed by atoms with Gasteiger partial charge in [-0.25, -0.2) is 4.68 Å². The van der Waals surface area contributed by atoms with Gasteiger partial charge in [0, 0.05) is 13.1 Å². The third-order valence-corrected chi connectivity index (χ3v) is 5.73. The fraction of sp³-hybridized carbons (Fsp3) is 0.345.